The molecule has 0 aliphatic heterocycles. The van der Waals surface area contributed by atoms with Gasteiger partial charge in [0.1, 0.15) is 0 Å². The van der Waals surface area contributed by atoms with E-state index in [1.165, 1.54) is 0 Å². The lowest BCUT2D eigenvalue weighted by Gasteiger charge is -2.16. The van der Waals surface area contributed by atoms with Gasteiger partial charge in [-0.2, -0.15) is 0 Å². The molecule has 0 N–H and O–H groups in total. The van der Waals surface area contributed by atoms with Gasteiger partial charge < -0.3 is 4.31 Å². The Balaban J connectivity index is 5.35. The second-order valence-electron chi connectivity index (χ2n) is 2.84. The topological polar surface area (TPSA) is 77.5 Å². The molecule has 7 heteroatoms. The number of carbonyl (C=O) groups excluding carboxylic acids is 4. The summed E-state index contributed by atoms with van der Waals surface area (Å²) in [7, 11) is -4.64. The highest BCUT2D eigenvalue weighted by molar-refractivity contribution is 7.97. The van der Waals surface area contributed by atoms with Gasteiger partial charge in [-0.15, -0.1) is 0 Å². The molecule has 0 aliphatic carbocycles. The second kappa shape index (κ2) is 8.54. The van der Waals surface area contributed by atoms with E-state index in [0.717, 1.165) is 24.3 Å². The molecule has 0 aromatic carbocycles. The van der Waals surface area contributed by atoms with Crippen LogP contribution in [0.3, 0.4) is 0 Å². The van der Waals surface area contributed by atoms with Gasteiger partial charge in [0.2, 0.25) is 22.1 Å². The highest BCUT2D eigenvalue weighted by Gasteiger charge is 2.33. The molecule has 0 unspecified atom stereocenters. The fourth-order valence-electron chi connectivity index (χ4n) is 0.791. The molecule has 5 nitrogen and oxygen atoms in total. The van der Waals surface area contributed by atoms with Crippen LogP contribution >= 0.6 is 16.3 Å². The molecule has 0 heterocycles. The number of hydrogen-bond donors (Lipinski definition) is 0. The molecule has 0 aliphatic rings. The van der Waals surface area contributed by atoms with Crippen LogP contribution in [0.15, 0.2) is 50.6 Å². The molecule has 0 fully saturated rings. The summed E-state index contributed by atoms with van der Waals surface area (Å²) in [6.07, 6.45) is 3.60. The first-order valence-corrected chi connectivity index (χ1v) is 7.38. The Morgan fingerprint density at radius 3 is 1.00 bits per heavy atom. The first-order valence-electron chi connectivity index (χ1n) is 4.86. The Kier molecular flexibility index (Phi) is 7.85. The van der Waals surface area contributed by atoms with Crippen molar-refractivity contribution in [3.05, 3.63) is 50.6 Å². The first kappa shape index (κ1) is 17.5. The van der Waals surface area contributed by atoms with E-state index in [-0.39, 0.29) is 0 Å². The number of allylic oxidation sites excluding steroid dienone is 4. The molecule has 0 aromatic rings. The summed E-state index contributed by atoms with van der Waals surface area (Å²) in [5, 5.41) is 0. The standard InChI is InChI=1S/C12H12O5P2/c1-5-9(13)18(10(14)6-2)17-19(11(15)7-3)12(16)8-4/h5-8H,1-4H2. The number of carbonyl (C=O) groups is 4. The normalized spacial score (nSPS) is 9.79. The lowest BCUT2D eigenvalue weighted by Crippen LogP contribution is -2.07. The van der Waals surface area contributed by atoms with Crippen molar-refractivity contribution in [3.63, 3.8) is 0 Å². The SMILES string of the molecule is C=CC(=O)P(OP(C(=O)C=C)C(=O)C=C)C(=O)C=C. The van der Waals surface area contributed by atoms with Gasteiger partial charge in [-0.05, 0) is 24.3 Å². The van der Waals surface area contributed by atoms with Crippen molar-refractivity contribution in [2.24, 2.45) is 0 Å². The third-order valence-corrected chi connectivity index (χ3v) is 5.30. The van der Waals surface area contributed by atoms with Gasteiger partial charge in [-0.3, -0.25) is 19.2 Å². The molecular weight excluding hydrogens is 286 g/mol. The zero-order valence-electron chi connectivity index (χ0n) is 10.1. The van der Waals surface area contributed by atoms with Gasteiger partial charge in [-0.25, -0.2) is 0 Å². The Bertz CT molecular complexity index is 385. The third-order valence-electron chi connectivity index (χ3n) is 1.66. The average molecular weight is 298 g/mol. The number of rotatable bonds is 10. The second-order valence-corrected chi connectivity index (χ2v) is 6.43. The molecule has 0 atom stereocenters. The Morgan fingerprint density at radius 1 is 0.632 bits per heavy atom. The molecule has 0 saturated heterocycles. The van der Waals surface area contributed by atoms with Crippen LogP contribution in [0.1, 0.15) is 0 Å². The number of hydrogen-bond acceptors (Lipinski definition) is 5. The maximum absolute atomic E-state index is 11.5. The fraction of sp³-hybridized carbons (Fsp3) is 0. The zero-order valence-corrected chi connectivity index (χ0v) is 11.9. The molecule has 19 heavy (non-hydrogen) atoms. The fourth-order valence-corrected chi connectivity index (χ4v) is 3.83. The molecular formula is C12H12O5P2. The monoisotopic (exact) mass is 298 g/mol. The van der Waals surface area contributed by atoms with Crippen molar-refractivity contribution in [2.75, 3.05) is 0 Å². The van der Waals surface area contributed by atoms with E-state index in [1.54, 1.807) is 0 Å². The van der Waals surface area contributed by atoms with Crippen molar-refractivity contribution < 1.29 is 23.5 Å². The Morgan fingerprint density at radius 2 is 0.842 bits per heavy atom. The lowest BCUT2D eigenvalue weighted by atomic mass is 10.7. The van der Waals surface area contributed by atoms with E-state index in [0.29, 0.717) is 0 Å². The van der Waals surface area contributed by atoms with Gasteiger partial charge in [0, 0.05) is 0 Å². The van der Waals surface area contributed by atoms with Crippen LogP contribution in [0.4, 0.5) is 0 Å². The third kappa shape index (κ3) is 4.92. The van der Waals surface area contributed by atoms with Crippen molar-refractivity contribution in [1.82, 2.24) is 0 Å². The quantitative estimate of drug-likeness (QED) is 0.457. The van der Waals surface area contributed by atoms with E-state index in [1.807, 2.05) is 0 Å². The summed E-state index contributed by atoms with van der Waals surface area (Å²) in [5.74, 6) is 0. The van der Waals surface area contributed by atoms with E-state index < -0.39 is 38.4 Å². The maximum atomic E-state index is 11.5. The van der Waals surface area contributed by atoms with Crippen LogP contribution in [-0.4, -0.2) is 22.1 Å². The van der Waals surface area contributed by atoms with Gasteiger partial charge in [0.25, 0.3) is 0 Å². The zero-order chi connectivity index (χ0) is 15.0. The highest BCUT2D eigenvalue weighted by atomic mass is 31.2. The minimum Gasteiger partial charge on any atom is -0.305 e. The summed E-state index contributed by atoms with van der Waals surface area (Å²) in [6.45, 7) is 12.9. The average Bonchev–Trinajstić information content (AvgIpc) is 2.45. The summed E-state index contributed by atoms with van der Waals surface area (Å²) in [6, 6.07) is 0. The van der Waals surface area contributed by atoms with Crippen LogP contribution in [0.25, 0.3) is 0 Å². The van der Waals surface area contributed by atoms with E-state index >= 15 is 0 Å². The molecule has 0 aromatic heterocycles. The first-order chi connectivity index (χ1) is 8.92. The molecule has 0 saturated carbocycles. The predicted octanol–water partition coefficient (Wildman–Crippen LogP) is 2.65. The summed E-state index contributed by atoms with van der Waals surface area (Å²) in [5.41, 5.74) is -2.77. The predicted molar refractivity (Wildman–Crippen MR) is 75.7 cm³/mol. The van der Waals surface area contributed by atoms with Crippen molar-refractivity contribution in [3.8, 4) is 0 Å². The molecule has 0 spiro atoms. The highest BCUT2D eigenvalue weighted by Crippen LogP contribution is 2.55. The minimum atomic E-state index is -2.32. The molecule has 0 radical (unpaired) electrons. The Labute approximate surface area is 113 Å². The Hall–Kier alpha value is -1.54. The lowest BCUT2D eigenvalue weighted by molar-refractivity contribution is -0.111. The molecule has 0 bridgehead atoms. The summed E-state index contributed by atoms with van der Waals surface area (Å²) >= 11 is 0. The molecule has 0 amide bonds. The summed E-state index contributed by atoms with van der Waals surface area (Å²) < 4.78 is 5.11. The van der Waals surface area contributed by atoms with Gasteiger partial charge in [0.15, 0.2) is 16.3 Å². The maximum Gasteiger partial charge on any atom is 0.212 e. The van der Waals surface area contributed by atoms with E-state index in [4.69, 9.17) is 4.31 Å². The largest absolute Gasteiger partial charge is 0.305 e. The minimum absolute atomic E-state index is 0.693. The van der Waals surface area contributed by atoms with E-state index in [9.17, 15) is 19.2 Å². The van der Waals surface area contributed by atoms with Crippen LogP contribution < -0.4 is 0 Å². The van der Waals surface area contributed by atoms with Crippen LogP contribution in [0.5, 0.6) is 0 Å². The van der Waals surface area contributed by atoms with Crippen molar-refractivity contribution in [2.45, 2.75) is 0 Å². The van der Waals surface area contributed by atoms with Crippen molar-refractivity contribution in [1.29, 1.82) is 0 Å². The molecule has 0 rings (SSSR count). The van der Waals surface area contributed by atoms with Gasteiger partial charge >= 0.3 is 0 Å². The van der Waals surface area contributed by atoms with Crippen LogP contribution in [0.2, 0.25) is 0 Å². The van der Waals surface area contributed by atoms with Crippen LogP contribution in [0, 0.1) is 0 Å². The summed E-state index contributed by atoms with van der Waals surface area (Å²) in [4.78, 5) is 46.1. The van der Waals surface area contributed by atoms with Crippen LogP contribution in [-0.2, 0) is 23.5 Å². The van der Waals surface area contributed by atoms with Crippen molar-refractivity contribution >= 4 is 38.4 Å². The van der Waals surface area contributed by atoms with Gasteiger partial charge in [0.05, 0.1) is 0 Å². The smallest absolute Gasteiger partial charge is 0.212 e. The molecule has 100 valence electrons. The van der Waals surface area contributed by atoms with E-state index in [2.05, 4.69) is 26.3 Å². The van der Waals surface area contributed by atoms with Gasteiger partial charge in [-0.1, -0.05) is 26.3 Å².